The summed E-state index contributed by atoms with van der Waals surface area (Å²) in [5.41, 5.74) is -0.172. The average molecular weight is 346 g/mol. The number of ether oxygens (including phenoxy) is 1. The number of aromatic nitrogens is 4. The molecule has 0 N–H and O–H groups in total. The molecule has 0 saturated heterocycles. The number of carbonyl (C=O) groups is 1. The second-order valence-corrected chi connectivity index (χ2v) is 5.73. The first-order chi connectivity index (χ1) is 11.9. The summed E-state index contributed by atoms with van der Waals surface area (Å²) in [4.78, 5) is 40.7. The maximum atomic E-state index is 12.5. The highest BCUT2D eigenvalue weighted by molar-refractivity contribution is 5.86. The summed E-state index contributed by atoms with van der Waals surface area (Å²) in [7, 11) is 3.26. The third-order valence-electron chi connectivity index (χ3n) is 3.90. The number of fused-ring (bicyclic) bond motifs is 1. The molecule has 0 spiro atoms. The van der Waals surface area contributed by atoms with Gasteiger partial charge >= 0.3 is 11.7 Å². The van der Waals surface area contributed by atoms with Crippen molar-refractivity contribution in [2.75, 3.05) is 6.61 Å². The fourth-order valence-electron chi connectivity index (χ4n) is 2.60. The normalized spacial score (nSPS) is 11.2. The molecule has 25 heavy (non-hydrogen) atoms. The molecule has 0 radical (unpaired) electrons. The van der Waals surface area contributed by atoms with Crippen molar-refractivity contribution in [1.29, 1.82) is 0 Å². The van der Waals surface area contributed by atoms with Gasteiger partial charge in [-0.1, -0.05) is 0 Å². The second-order valence-electron chi connectivity index (χ2n) is 5.73. The Kier molecular flexibility index (Phi) is 4.30. The van der Waals surface area contributed by atoms with Gasteiger partial charge in [-0.3, -0.25) is 13.9 Å². The van der Waals surface area contributed by atoms with Crippen molar-refractivity contribution in [3.8, 4) is 0 Å². The van der Waals surface area contributed by atoms with Crippen LogP contribution in [0.5, 0.6) is 0 Å². The zero-order valence-electron chi connectivity index (χ0n) is 14.2. The molecule has 0 saturated carbocycles. The molecule has 0 aliphatic rings. The average Bonchev–Trinajstić information content (AvgIpc) is 3.18. The highest BCUT2D eigenvalue weighted by atomic mass is 16.5. The van der Waals surface area contributed by atoms with E-state index in [2.05, 4.69) is 4.98 Å². The lowest BCUT2D eigenvalue weighted by Crippen LogP contribution is -2.39. The first-order valence-corrected chi connectivity index (χ1v) is 7.74. The maximum absolute atomic E-state index is 12.5. The fourth-order valence-corrected chi connectivity index (χ4v) is 2.60. The number of imidazole rings is 1. The van der Waals surface area contributed by atoms with Crippen LogP contribution in [0.15, 0.2) is 32.5 Å². The van der Waals surface area contributed by atoms with Gasteiger partial charge in [0.05, 0.1) is 12.9 Å². The summed E-state index contributed by atoms with van der Waals surface area (Å²) in [6, 6.07) is 3.21. The van der Waals surface area contributed by atoms with E-state index >= 15 is 0 Å². The Bertz CT molecular complexity index is 1050. The van der Waals surface area contributed by atoms with Gasteiger partial charge in [-0.15, -0.1) is 0 Å². The molecule has 0 bridgehead atoms. The monoisotopic (exact) mass is 346 g/mol. The van der Waals surface area contributed by atoms with Crippen LogP contribution in [0.1, 0.15) is 22.7 Å². The van der Waals surface area contributed by atoms with Gasteiger partial charge in [-0.25, -0.2) is 14.6 Å². The summed E-state index contributed by atoms with van der Waals surface area (Å²) in [5, 5.41) is 0. The quantitative estimate of drug-likeness (QED) is 0.495. The van der Waals surface area contributed by atoms with Gasteiger partial charge in [0, 0.05) is 20.6 Å². The van der Waals surface area contributed by atoms with Gasteiger partial charge in [0.15, 0.2) is 11.2 Å². The number of aryl methyl sites for hydroxylation is 3. The Labute approximate surface area is 142 Å². The Morgan fingerprint density at radius 2 is 2.04 bits per heavy atom. The molecular formula is C16H18N4O5. The van der Waals surface area contributed by atoms with Gasteiger partial charge in [0.25, 0.3) is 5.56 Å². The Morgan fingerprint density at radius 3 is 2.72 bits per heavy atom. The van der Waals surface area contributed by atoms with Gasteiger partial charge in [0.1, 0.15) is 5.76 Å². The summed E-state index contributed by atoms with van der Waals surface area (Å²) in [6.45, 7) is 1.93. The number of furan rings is 1. The Balaban J connectivity index is 1.71. The Morgan fingerprint density at radius 1 is 1.28 bits per heavy atom. The van der Waals surface area contributed by atoms with E-state index in [-0.39, 0.29) is 18.9 Å². The van der Waals surface area contributed by atoms with E-state index in [0.29, 0.717) is 23.3 Å². The van der Waals surface area contributed by atoms with E-state index in [1.165, 1.54) is 17.0 Å². The standard InChI is InChI=1S/C16H18N4O5/c1-10-5-6-11(25-10)15(22)24-8-4-7-20-14(21)12-13(17-9-18(12)2)19(3)16(20)23/h5-6,9H,4,7-8H2,1-3H3. The third-order valence-corrected chi connectivity index (χ3v) is 3.90. The molecule has 9 heteroatoms. The van der Waals surface area contributed by atoms with Crippen molar-refractivity contribution in [2.45, 2.75) is 19.9 Å². The van der Waals surface area contributed by atoms with E-state index in [1.54, 1.807) is 31.7 Å². The number of hydrogen-bond donors (Lipinski definition) is 0. The number of rotatable bonds is 5. The number of nitrogens with zero attached hydrogens (tertiary/aromatic N) is 4. The predicted molar refractivity (Wildman–Crippen MR) is 88.6 cm³/mol. The molecule has 3 aromatic rings. The van der Waals surface area contributed by atoms with Crippen LogP contribution in [0.25, 0.3) is 11.2 Å². The van der Waals surface area contributed by atoms with Crippen LogP contribution in [0.4, 0.5) is 0 Å². The van der Waals surface area contributed by atoms with Crippen LogP contribution in [0, 0.1) is 6.92 Å². The highest BCUT2D eigenvalue weighted by Gasteiger charge is 2.15. The molecule has 0 amide bonds. The van der Waals surface area contributed by atoms with Crippen molar-refractivity contribution < 1.29 is 13.9 Å². The minimum absolute atomic E-state index is 0.0671. The number of hydrogen-bond acceptors (Lipinski definition) is 6. The molecule has 0 atom stereocenters. The zero-order valence-corrected chi connectivity index (χ0v) is 14.2. The van der Waals surface area contributed by atoms with Crippen molar-refractivity contribution in [2.24, 2.45) is 14.1 Å². The molecule has 132 valence electrons. The molecule has 3 heterocycles. The molecule has 0 unspecified atom stereocenters. The first-order valence-electron chi connectivity index (χ1n) is 7.74. The summed E-state index contributed by atoms with van der Waals surface area (Å²) >= 11 is 0. The van der Waals surface area contributed by atoms with Crippen LogP contribution in [-0.4, -0.2) is 31.3 Å². The second kappa shape index (κ2) is 6.42. The van der Waals surface area contributed by atoms with Crippen molar-refractivity contribution >= 4 is 17.1 Å². The van der Waals surface area contributed by atoms with E-state index in [1.807, 2.05) is 0 Å². The third kappa shape index (κ3) is 3.00. The summed E-state index contributed by atoms with van der Waals surface area (Å²) in [6.07, 6.45) is 1.81. The SMILES string of the molecule is Cc1ccc(C(=O)OCCCn2c(=O)c3c(ncn3C)n(C)c2=O)o1. The lowest BCUT2D eigenvalue weighted by atomic mass is 10.4. The largest absolute Gasteiger partial charge is 0.460 e. The molecule has 0 aliphatic carbocycles. The van der Waals surface area contributed by atoms with Crippen LogP contribution in [0.3, 0.4) is 0 Å². The summed E-state index contributed by atoms with van der Waals surface area (Å²) in [5.74, 6) is 0.170. The molecule has 3 aromatic heterocycles. The lowest BCUT2D eigenvalue weighted by Gasteiger charge is -2.08. The van der Waals surface area contributed by atoms with Gasteiger partial charge < -0.3 is 13.7 Å². The van der Waals surface area contributed by atoms with Crippen LogP contribution < -0.4 is 11.2 Å². The van der Waals surface area contributed by atoms with E-state index in [4.69, 9.17) is 9.15 Å². The number of esters is 1. The molecule has 0 fully saturated rings. The number of carbonyl (C=O) groups excluding carboxylic acids is 1. The lowest BCUT2D eigenvalue weighted by molar-refractivity contribution is 0.0457. The molecule has 3 rings (SSSR count). The minimum atomic E-state index is -0.574. The van der Waals surface area contributed by atoms with E-state index in [0.717, 1.165) is 4.57 Å². The molecule has 0 aliphatic heterocycles. The molecule has 0 aromatic carbocycles. The Hall–Kier alpha value is -3.10. The maximum Gasteiger partial charge on any atom is 0.374 e. The van der Waals surface area contributed by atoms with Crippen molar-refractivity contribution in [1.82, 2.24) is 18.7 Å². The first kappa shape index (κ1) is 16.7. The fraction of sp³-hybridized carbons (Fsp3) is 0.375. The van der Waals surface area contributed by atoms with Crippen molar-refractivity contribution in [3.63, 3.8) is 0 Å². The van der Waals surface area contributed by atoms with Crippen molar-refractivity contribution in [3.05, 3.63) is 50.8 Å². The van der Waals surface area contributed by atoms with Crippen LogP contribution in [-0.2, 0) is 25.4 Å². The van der Waals surface area contributed by atoms with Gasteiger partial charge in [0.2, 0.25) is 5.76 Å². The zero-order chi connectivity index (χ0) is 18.1. The van der Waals surface area contributed by atoms with Gasteiger partial charge in [-0.2, -0.15) is 0 Å². The van der Waals surface area contributed by atoms with E-state index < -0.39 is 17.2 Å². The topological polar surface area (TPSA) is 101 Å². The highest BCUT2D eigenvalue weighted by Crippen LogP contribution is 2.08. The smallest absolute Gasteiger partial charge is 0.374 e. The summed E-state index contributed by atoms with van der Waals surface area (Å²) < 4.78 is 14.3. The van der Waals surface area contributed by atoms with Crippen LogP contribution in [0.2, 0.25) is 0 Å². The van der Waals surface area contributed by atoms with Crippen LogP contribution >= 0.6 is 0 Å². The molecule has 9 nitrogen and oxygen atoms in total. The van der Waals surface area contributed by atoms with E-state index in [9.17, 15) is 14.4 Å². The molecular weight excluding hydrogens is 328 g/mol. The minimum Gasteiger partial charge on any atom is -0.460 e. The van der Waals surface area contributed by atoms with Gasteiger partial charge in [-0.05, 0) is 25.5 Å². The predicted octanol–water partition coefficient (Wildman–Crippen LogP) is 0.582.